The molecule has 0 fully saturated rings. The lowest BCUT2D eigenvalue weighted by Gasteiger charge is -2.12. The normalized spacial score (nSPS) is 9.82. The number of thioether (sulfide) groups is 1. The summed E-state index contributed by atoms with van der Waals surface area (Å²) < 4.78 is 0. The van der Waals surface area contributed by atoms with E-state index in [0.29, 0.717) is 10.7 Å². The molecule has 1 rings (SSSR count). The van der Waals surface area contributed by atoms with E-state index in [4.69, 9.17) is 11.6 Å². The van der Waals surface area contributed by atoms with Crippen LogP contribution in [0, 0.1) is 0 Å². The molecule has 0 radical (unpaired) electrons. The standard InChI is InChI=1S/C12H15ClN2OS/c1-4-7-17-11-6-5-9(8-10(11)13)14-12(16)15(2)3/h4-6,8H,1,7H2,2-3H3,(H,14,16). The Hall–Kier alpha value is -1.13. The van der Waals surface area contributed by atoms with Crippen LogP contribution in [0.3, 0.4) is 0 Å². The first-order valence-electron chi connectivity index (χ1n) is 5.06. The molecule has 0 atom stereocenters. The predicted molar refractivity (Wildman–Crippen MR) is 75.1 cm³/mol. The van der Waals surface area contributed by atoms with Gasteiger partial charge in [0.05, 0.1) is 5.02 Å². The van der Waals surface area contributed by atoms with Crippen LogP contribution >= 0.6 is 23.4 Å². The Bertz CT molecular complexity index is 421. The molecule has 0 saturated heterocycles. The molecule has 0 spiro atoms. The van der Waals surface area contributed by atoms with Crippen molar-refractivity contribution in [1.82, 2.24) is 4.90 Å². The van der Waals surface area contributed by atoms with Gasteiger partial charge in [0, 0.05) is 30.4 Å². The third-order valence-corrected chi connectivity index (χ3v) is 3.44. The number of hydrogen-bond donors (Lipinski definition) is 1. The molecule has 0 heterocycles. The van der Waals surface area contributed by atoms with Crippen LogP contribution in [0.15, 0.2) is 35.7 Å². The lowest BCUT2D eigenvalue weighted by Crippen LogP contribution is -2.27. The summed E-state index contributed by atoms with van der Waals surface area (Å²) in [7, 11) is 3.37. The van der Waals surface area contributed by atoms with E-state index >= 15 is 0 Å². The van der Waals surface area contributed by atoms with Crippen LogP contribution in [0.5, 0.6) is 0 Å². The highest BCUT2D eigenvalue weighted by Gasteiger charge is 2.06. The number of urea groups is 1. The number of halogens is 1. The van der Waals surface area contributed by atoms with E-state index in [0.717, 1.165) is 10.6 Å². The molecule has 5 heteroatoms. The lowest BCUT2D eigenvalue weighted by atomic mass is 10.3. The maximum Gasteiger partial charge on any atom is 0.321 e. The number of carbonyl (C=O) groups is 1. The Morgan fingerprint density at radius 1 is 1.59 bits per heavy atom. The van der Waals surface area contributed by atoms with Gasteiger partial charge in [0.15, 0.2) is 0 Å². The zero-order valence-corrected chi connectivity index (χ0v) is 11.4. The third kappa shape index (κ3) is 4.32. The second kappa shape index (κ2) is 6.57. The molecule has 0 aliphatic heterocycles. The van der Waals surface area contributed by atoms with Crippen molar-refractivity contribution < 1.29 is 4.79 Å². The first-order valence-corrected chi connectivity index (χ1v) is 6.42. The summed E-state index contributed by atoms with van der Waals surface area (Å²) in [5, 5.41) is 3.37. The Morgan fingerprint density at radius 2 is 2.29 bits per heavy atom. The number of hydrogen-bond acceptors (Lipinski definition) is 2. The second-order valence-electron chi connectivity index (χ2n) is 3.57. The highest BCUT2D eigenvalue weighted by atomic mass is 35.5. The van der Waals surface area contributed by atoms with E-state index < -0.39 is 0 Å². The van der Waals surface area contributed by atoms with E-state index in [-0.39, 0.29) is 6.03 Å². The van der Waals surface area contributed by atoms with E-state index in [9.17, 15) is 4.79 Å². The lowest BCUT2D eigenvalue weighted by molar-refractivity contribution is 0.230. The fourth-order valence-electron chi connectivity index (χ4n) is 1.08. The molecule has 92 valence electrons. The van der Waals surface area contributed by atoms with Gasteiger partial charge < -0.3 is 10.2 Å². The molecule has 0 saturated carbocycles. The van der Waals surface area contributed by atoms with Gasteiger partial charge in [0.1, 0.15) is 0 Å². The summed E-state index contributed by atoms with van der Waals surface area (Å²) >= 11 is 7.72. The number of amides is 2. The number of nitrogens with one attached hydrogen (secondary N) is 1. The van der Waals surface area contributed by atoms with Gasteiger partial charge >= 0.3 is 6.03 Å². The molecular weight excluding hydrogens is 256 g/mol. The number of carbonyl (C=O) groups excluding carboxylic acids is 1. The van der Waals surface area contributed by atoms with Gasteiger partial charge in [-0.3, -0.25) is 0 Å². The SMILES string of the molecule is C=CCSc1ccc(NC(=O)N(C)C)cc1Cl. The fraction of sp³-hybridized carbons (Fsp3) is 0.250. The van der Waals surface area contributed by atoms with Crippen molar-refractivity contribution in [3.8, 4) is 0 Å². The van der Waals surface area contributed by atoms with Crippen LogP contribution in [0.25, 0.3) is 0 Å². The monoisotopic (exact) mass is 270 g/mol. The van der Waals surface area contributed by atoms with Crippen LogP contribution in [0.4, 0.5) is 10.5 Å². The molecule has 0 bridgehead atoms. The molecule has 1 N–H and O–H groups in total. The number of nitrogens with zero attached hydrogens (tertiary/aromatic N) is 1. The number of anilines is 1. The minimum Gasteiger partial charge on any atom is -0.331 e. The molecule has 1 aromatic rings. The quantitative estimate of drug-likeness (QED) is 0.668. The fourth-order valence-corrected chi connectivity index (χ4v) is 2.08. The van der Waals surface area contributed by atoms with E-state index in [2.05, 4.69) is 11.9 Å². The van der Waals surface area contributed by atoms with Crippen LogP contribution in [0.1, 0.15) is 0 Å². The maximum absolute atomic E-state index is 11.4. The molecule has 0 aromatic heterocycles. The zero-order valence-electron chi connectivity index (χ0n) is 9.87. The average molecular weight is 271 g/mol. The molecule has 17 heavy (non-hydrogen) atoms. The van der Waals surface area contributed by atoms with Crippen molar-refractivity contribution in [3.63, 3.8) is 0 Å². The van der Waals surface area contributed by atoms with Crippen molar-refractivity contribution in [1.29, 1.82) is 0 Å². The molecule has 0 aliphatic rings. The molecule has 1 aromatic carbocycles. The summed E-state index contributed by atoms with van der Waals surface area (Å²) in [5.41, 5.74) is 0.691. The minimum absolute atomic E-state index is 0.174. The summed E-state index contributed by atoms with van der Waals surface area (Å²) in [4.78, 5) is 13.9. The van der Waals surface area contributed by atoms with E-state index in [1.807, 2.05) is 18.2 Å². The second-order valence-corrected chi connectivity index (χ2v) is 5.04. The Morgan fingerprint density at radius 3 is 2.82 bits per heavy atom. The minimum atomic E-state index is -0.174. The molecular formula is C12H15ClN2OS. The van der Waals surface area contributed by atoms with E-state index in [1.54, 1.807) is 31.9 Å². The molecule has 0 unspecified atom stereocenters. The van der Waals surface area contributed by atoms with Crippen molar-refractivity contribution in [2.75, 3.05) is 25.2 Å². The van der Waals surface area contributed by atoms with Gasteiger partial charge in [0.2, 0.25) is 0 Å². The molecule has 0 aliphatic carbocycles. The summed E-state index contributed by atoms with van der Waals surface area (Å²) in [5.74, 6) is 0.809. The van der Waals surface area contributed by atoms with Gasteiger partial charge in [-0.2, -0.15) is 0 Å². The summed E-state index contributed by atoms with van der Waals surface area (Å²) in [6.45, 7) is 3.66. The smallest absolute Gasteiger partial charge is 0.321 e. The van der Waals surface area contributed by atoms with Gasteiger partial charge in [0.25, 0.3) is 0 Å². The first-order chi connectivity index (χ1) is 8.04. The Labute approximate surface area is 111 Å². The Kier molecular flexibility index (Phi) is 5.38. The predicted octanol–water partition coefficient (Wildman–Crippen LogP) is 3.71. The number of rotatable bonds is 4. The van der Waals surface area contributed by atoms with Crippen molar-refractivity contribution in [2.24, 2.45) is 0 Å². The summed E-state index contributed by atoms with van der Waals surface area (Å²) in [6, 6.07) is 5.29. The highest BCUT2D eigenvalue weighted by molar-refractivity contribution is 7.99. The van der Waals surface area contributed by atoms with Crippen molar-refractivity contribution >= 4 is 35.1 Å². The Balaban J connectivity index is 2.74. The van der Waals surface area contributed by atoms with E-state index in [1.165, 1.54) is 4.90 Å². The van der Waals surface area contributed by atoms with Gasteiger partial charge in [-0.1, -0.05) is 17.7 Å². The van der Waals surface area contributed by atoms with Gasteiger partial charge in [-0.15, -0.1) is 18.3 Å². The number of benzene rings is 1. The average Bonchev–Trinajstić information content (AvgIpc) is 2.28. The van der Waals surface area contributed by atoms with Crippen molar-refractivity contribution in [2.45, 2.75) is 4.90 Å². The highest BCUT2D eigenvalue weighted by Crippen LogP contribution is 2.29. The maximum atomic E-state index is 11.4. The van der Waals surface area contributed by atoms with Crippen molar-refractivity contribution in [3.05, 3.63) is 35.9 Å². The van der Waals surface area contributed by atoms with Gasteiger partial charge in [-0.25, -0.2) is 4.79 Å². The van der Waals surface area contributed by atoms with Crippen LogP contribution < -0.4 is 5.32 Å². The first kappa shape index (κ1) is 13.9. The van der Waals surface area contributed by atoms with Crippen LogP contribution in [-0.4, -0.2) is 30.8 Å². The molecule has 2 amide bonds. The largest absolute Gasteiger partial charge is 0.331 e. The third-order valence-electron chi connectivity index (χ3n) is 1.95. The van der Waals surface area contributed by atoms with Crippen LogP contribution in [0.2, 0.25) is 5.02 Å². The van der Waals surface area contributed by atoms with Crippen LogP contribution in [-0.2, 0) is 0 Å². The molecule has 3 nitrogen and oxygen atoms in total. The summed E-state index contributed by atoms with van der Waals surface area (Å²) in [6.07, 6.45) is 1.82. The zero-order chi connectivity index (χ0) is 12.8. The van der Waals surface area contributed by atoms with Gasteiger partial charge in [-0.05, 0) is 18.2 Å². The topological polar surface area (TPSA) is 32.3 Å².